The van der Waals surface area contributed by atoms with E-state index < -0.39 is 7.22 Å². The van der Waals surface area contributed by atoms with Crippen LogP contribution in [-0.2, 0) is 0 Å². The maximum Gasteiger partial charge on any atom is 0.108 e. The van der Waals surface area contributed by atoms with Crippen LogP contribution in [0.15, 0.2) is 4.99 Å². The van der Waals surface area contributed by atoms with Crippen LogP contribution >= 0.6 is 11.2 Å². The monoisotopic (exact) mass is 175 g/mol. The van der Waals surface area contributed by atoms with Gasteiger partial charge in [-0.2, -0.15) is 11.2 Å². The summed E-state index contributed by atoms with van der Waals surface area (Å²) in [6.07, 6.45) is 1.88. The van der Waals surface area contributed by atoms with E-state index in [4.69, 9.17) is 0 Å². The van der Waals surface area contributed by atoms with Crippen molar-refractivity contribution in [3.63, 3.8) is 0 Å². The van der Waals surface area contributed by atoms with E-state index in [0.29, 0.717) is 0 Å². The van der Waals surface area contributed by atoms with Crippen LogP contribution in [-0.4, -0.2) is 25.7 Å². The van der Waals surface area contributed by atoms with E-state index >= 15 is 0 Å². The summed E-state index contributed by atoms with van der Waals surface area (Å²) in [4.78, 5) is 4.15. The largest absolute Gasteiger partial charge is 0.297 e. The summed E-state index contributed by atoms with van der Waals surface area (Å²) in [5, 5.41) is 0. The summed E-state index contributed by atoms with van der Waals surface area (Å²) in [5.41, 5.74) is 0. The van der Waals surface area contributed by atoms with E-state index in [2.05, 4.69) is 35.8 Å². The molecule has 0 N–H and O–H groups in total. The molecule has 3 heteroatoms. The Balaban J connectivity index is 3.20. The van der Waals surface area contributed by atoms with Crippen LogP contribution in [0.4, 0.5) is 0 Å². The van der Waals surface area contributed by atoms with Crippen LogP contribution in [0.3, 0.4) is 0 Å². The molecule has 0 spiro atoms. The lowest BCUT2D eigenvalue weighted by Crippen LogP contribution is -2.15. The molecular formula is C7H17NSSi. The summed E-state index contributed by atoms with van der Waals surface area (Å²) in [6, 6.07) is 0. The predicted molar refractivity (Wildman–Crippen MR) is 54.8 cm³/mol. The third-order valence-corrected chi connectivity index (χ3v) is 5.40. The zero-order valence-corrected chi connectivity index (χ0v) is 9.16. The second kappa shape index (κ2) is 4.96. The Kier molecular flexibility index (Phi) is 5.08. The molecule has 0 aromatic rings. The van der Waals surface area contributed by atoms with Crippen LogP contribution in [0.25, 0.3) is 0 Å². The molecule has 0 fully saturated rings. The lowest BCUT2D eigenvalue weighted by molar-refractivity contribution is 1.16. The van der Waals surface area contributed by atoms with Crippen molar-refractivity contribution in [1.29, 1.82) is 0 Å². The van der Waals surface area contributed by atoms with Gasteiger partial charge in [0.25, 0.3) is 0 Å². The normalized spacial score (nSPS) is 12.8. The lowest BCUT2D eigenvalue weighted by Gasteiger charge is -2.13. The lowest BCUT2D eigenvalue weighted by atomic mass is 10.7. The van der Waals surface area contributed by atoms with Gasteiger partial charge in [0.1, 0.15) is 7.22 Å². The van der Waals surface area contributed by atoms with Gasteiger partial charge < -0.3 is 0 Å². The topological polar surface area (TPSA) is 12.4 Å². The smallest absolute Gasteiger partial charge is 0.108 e. The van der Waals surface area contributed by atoms with E-state index in [0.717, 1.165) is 6.54 Å². The Hall–Kier alpha value is 0.237. The molecule has 0 aliphatic carbocycles. The molecule has 0 atom stereocenters. The van der Waals surface area contributed by atoms with Gasteiger partial charge in [-0.3, -0.25) is 4.99 Å². The number of nitrogens with zero attached hydrogens (tertiary/aromatic N) is 1. The number of aliphatic imine (C=N–C) groups is 1. The van der Waals surface area contributed by atoms with Crippen LogP contribution in [0.5, 0.6) is 0 Å². The predicted octanol–water partition coefficient (Wildman–Crippen LogP) is 2.65. The maximum atomic E-state index is 4.15. The fourth-order valence-corrected chi connectivity index (χ4v) is 3.45. The van der Waals surface area contributed by atoms with Gasteiger partial charge in [-0.25, -0.2) is 0 Å². The highest BCUT2D eigenvalue weighted by molar-refractivity contribution is 8.28. The molecule has 0 amide bonds. The summed E-state index contributed by atoms with van der Waals surface area (Å²) in [6.45, 7) is 10.1. The number of hydrogen-bond acceptors (Lipinski definition) is 2. The molecule has 0 unspecified atom stereocenters. The average Bonchev–Trinajstić information content (AvgIpc) is 1.78. The SMILES string of the molecule is C/C=N/CCS[Si](C)(C)C. The van der Waals surface area contributed by atoms with Crippen molar-refractivity contribution in [2.75, 3.05) is 12.3 Å². The van der Waals surface area contributed by atoms with Gasteiger partial charge in [-0.15, -0.1) is 0 Å². The Morgan fingerprint density at radius 2 is 2.00 bits per heavy atom. The standard InChI is InChI=1S/C7H17NSSi/c1-5-8-6-7-9-10(2,3)4/h5H,6-7H2,1-4H3/b8-5+. The summed E-state index contributed by atoms with van der Waals surface area (Å²) >= 11 is 2.10. The van der Waals surface area contributed by atoms with Gasteiger partial charge in [0, 0.05) is 12.3 Å². The van der Waals surface area contributed by atoms with Gasteiger partial charge in [0.15, 0.2) is 0 Å². The first-order valence-corrected chi connectivity index (χ1v) is 8.85. The molecule has 1 nitrogen and oxygen atoms in total. The first-order valence-electron chi connectivity index (χ1n) is 3.64. The van der Waals surface area contributed by atoms with Crippen LogP contribution in [0.2, 0.25) is 19.6 Å². The molecule has 10 heavy (non-hydrogen) atoms. The zero-order valence-electron chi connectivity index (χ0n) is 7.35. The third-order valence-electron chi connectivity index (χ3n) is 0.938. The molecule has 0 heterocycles. The van der Waals surface area contributed by atoms with Crippen LogP contribution in [0.1, 0.15) is 6.92 Å². The van der Waals surface area contributed by atoms with Crippen LogP contribution in [0, 0.1) is 0 Å². The van der Waals surface area contributed by atoms with Gasteiger partial charge in [0.2, 0.25) is 0 Å². The second-order valence-electron chi connectivity index (χ2n) is 3.13. The van der Waals surface area contributed by atoms with Crippen molar-refractivity contribution < 1.29 is 0 Å². The molecule has 60 valence electrons. The molecule has 0 aromatic carbocycles. The van der Waals surface area contributed by atoms with Crippen molar-refractivity contribution in [1.82, 2.24) is 0 Å². The molecule has 0 aliphatic rings. The fourth-order valence-electron chi connectivity index (χ4n) is 0.534. The van der Waals surface area contributed by atoms with Gasteiger partial charge in [-0.05, 0) is 13.1 Å². The minimum Gasteiger partial charge on any atom is -0.297 e. The van der Waals surface area contributed by atoms with E-state index in [9.17, 15) is 0 Å². The van der Waals surface area contributed by atoms with E-state index in [1.165, 1.54) is 5.75 Å². The van der Waals surface area contributed by atoms with E-state index in [1.54, 1.807) is 0 Å². The Labute approximate surface area is 69.0 Å². The highest BCUT2D eigenvalue weighted by Gasteiger charge is 2.11. The molecule has 0 saturated carbocycles. The molecule has 0 rings (SSSR count). The zero-order chi connectivity index (χ0) is 8.04. The third kappa shape index (κ3) is 8.24. The molecule has 0 bridgehead atoms. The van der Waals surface area contributed by atoms with Crippen molar-refractivity contribution in [3.05, 3.63) is 0 Å². The van der Waals surface area contributed by atoms with Crippen molar-refractivity contribution in [2.45, 2.75) is 26.6 Å². The molecule has 0 saturated heterocycles. The molecule has 0 radical (unpaired) electrons. The fraction of sp³-hybridized carbons (Fsp3) is 0.857. The maximum absolute atomic E-state index is 4.15. The Bertz CT molecular complexity index is 107. The highest BCUT2D eigenvalue weighted by Crippen LogP contribution is 2.18. The quantitative estimate of drug-likeness (QED) is 0.363. The summed E-state index contributed by atoms with van der Waals surface area (Å²) < 4.78 is 0. The number of rotatable bonds is 4. The van der Waals surface area contributed by atoms with Crippen LogP contribution < -0.4 is 0 Å². The molecular weight excluding hydrogens is 158 g/mol. The molecule has 0 aromatic heterocycles. The van der Waals surface area contributed by atoms with E-state index in [1.807, 2.05) is 13.1 Å². The van der Waals surface area contributed by atoms with Crippen molar-refractivity contribution in [3.8, 4) is 0 Å². The van der Waals surface area contributed by atoms with Crippen molar-refractivity contribution >= 4 is 24.6 Å². The first kappa shape index (κ1) is 10.2. The Morgan fingerprint density at radius 1 is 1.40 bits per heavy atom. The Morgan fingerprint density at radius 3 is 2.40 bits per heavy atom. The number of hydrogen-bond donors (Lipinski definition) is 0. The summed E-state index contributed by atoms with van der Waals surface area (Å²) in [5.74, 6) is 1.19. The first-order chi connectivity index (χ1) is 4.56. The highest BCUT2D eigenvalue weighted by atomic mass is 32.4. The average molecular weight is 175 g/mol. The second-order valence-corrected chi connectivity index (χ2v) is 12.6. The van der Waals surface area contributed by atoms with Gasteiger partial charge in [-0.1, -0.05) is 19.6 Å². The minimum atomic E-state index is -0.864. The van der Waals surface area contributed by atoms with Crippen molar-refractivity contribution in [2.24, 2.45) is 4.99 Å². The minimum absolute atomic E-state index is 0.864. The summed E-state index contributed by atoms with van der Waals surface area (Å²) in [7, 11) is -0.864. The van der Waals surface area contributed by atoms with Gasteiger partial charge in [0.05, 0.1) is 0 Å². The van der Waals surface area contributed by atoms with E-state index in [-0.39, 0.29) is 0 Å². The molecule has 0 aliphatic heterocycles. The van der Waals surface area contributed by atoms with Gasteiger partial charge >= 0.3 is 0 Å².